The lowest BCUT2D eigenvalue weighted by molar-refractivity contribution is -0.148. The molecule has 2 aliphatic rings. The van der Waals surface area contributed by atoms with Gasteiger partial charge >= 0.3 is 11.9 Å². The van der Waals surface area contributed by atoms with E-state index in [4.69, 9.17) is 14.6 Å². The van der Waals surface area contributed by atoms with Gasteiger partial charge in [0.1, 0.15) is 12.2 Å². The Morgan fingerprint density at radius 3 is 2.80 bits per heavy atom. The lowest BCUT2D eigenvalue weighted by atomic mass is 9.82. The molecule has 1 aliphatic carbocycles. The van der Waals surface area contributed by atoms with Crippen LogP contribution in [0.4, 0.5) is 0 Å². The molecule has 0 spiro atoms. The van der Waals surface area contributed by atoms with Gasteiger partial charge in [0.15, 0.2) is 0 Å². The maximum Gasteiger partial charge on any atom is 0.336 e. The molecule has 4 atom stereocenters. The molecule has 0 aromatic carbocycles. The maximum absolute atomic E-state index is 12.1. The number of aliphatic hydroxyl groups excluding tert-OH is 2. The first-order valence-corrected chi connectivity index (χ1v) is 8.53. The summed E-state index contributed by atoms with van der Waals surface area (Å²) >= 11 is 0. The van der Waals surface area contributed by atoms with Crippen molar-refractivity contribution >= 4 is 11.9 Å². The van der Waals surface area contributed by atoms with Crippen molar-refractivity contribution in [1.29, 1.82) is 0 Å². The first kappa shape index (κ1) is 19.4. The second-order valence-electron chi connectivity index (χ2n) is 6.75. The van der Waals surface area contributed by atoms with Crippen molar-refractivity contribution in [2.45, 2.75) is 45.3 Å². The largest absolute Gasteiger partial charge is 0.458 e. The fourth-order valence-corrected chi connectivity index (χ4v) is 3.33. The predicted octanol–water partition coefficient (Wildman–Crippen LogP) is 1.67. The molecule has 6 heteroatoms. The highest BCUT2D eigenvalue weighted by Gasteiger charge is 2.47. The van der Waals surface area contributed by atoms with Gasteiger partial charge in [-0.25, -0.2) is 4.79 Å². The summed E-state index contributed by atoms with van der Waals surface area (Å²) in [6.07, 6.45) is 4.63. The Kier molecular flexibility index (Phi) is 6.56. The minimum atomic E-state index is -0.672. The van der Waals surface area contributed by atoms with Crippen LogP contribution in [0.5, 0.6) is 0 Å². The van der Waals surface area contributed by atoms with Gasteiger partial charge in [0.25, 0.3) is 0 Å². The fourth-order valence-electron chi connectivity index (χ4n) is 3.33. The number of esters is 2. The van der Waals surface area contributed by atoms with Crippen molar-refractivity contribution in [1.82, 2.24) is 0 Å². The summed E-state index contributed by atoms with van der Waals surface area (Å²) in [6.45, 7) is 6.62. The average molecular weight is 350 g/mol. The van der Waals surface area contributed by atoms with Crippen LogP contribution in [0.15, 0.2) is 35.5 Å². The maximum atomic E-state index is 12.1. The first-order valence-electron chi connectivity index (χ1n) is 8.53. The Morgan fingerprint density at radius 2 is 2.16 bits per heavy atom. The summed E-state index contributed by atoms with van der Waals surface area (Å²) in [5.74, 6) is -1.81. The highest BCUT2D eigenvalue weighted by atomic mass is 16.6. The number of hydrogen-bond donors (Lipinski definition) is 2. The monoisotopic (exact) mass is 350 g/mol. The molecule has 2 rings (SSSR count). The topological polar surface area (TPSA) is 93.1 Å². The number of carbonyl (C=O) groups excluding carboxylic acids is 2. The number of carbonyl (C=O) groups is 2. The van der Waals surface area contributed by atoms with Crippen molar-refractivity contribution in [3.05, 3.63) is 35.5 Å². The molecule has 0 aromatic heterocycles. The first-order chi connectivity index (χ1) is 11.9. The SMILES string of the molecule is C=C(CO)C(=O)O[C@H]1C/C(C)=C/CC/C(CO)=C/[C@H]2OC(=O)[C@@H](C)C12. The Morgan fingerprint density at radius 1 is 1.44 bits per heavy atom. The van der Waals surface area contributed by atoms with Gasteiger partial charge in [0.05, 0.1) is 30.6 Å². The van der Waals surface area contributed by atoms with Gasteiger partial charge in [-0.2, -0.15) is 0 Å². The number of hydrogen-bond acceptors (Lipinski definition) is 6. The van der Waals surface area contributed by atoms with Crippen LogP contribution in [0.3, 0.4) is 0 Å². The number of rotatable bonds is 4. The van der Waals surface area contributed by atoms with Crippen molar-refractivity contribution in [2.75, 3.05) is 13.2 Å². The molecule has 2 N–H and O–H groups in total. The fraction of sp³-hybridized carbons (Fsp3) is 0.579. The van der Waals surface area contributed by atoms with Crippen LogP contribution < -0.4 is 0 Å². The normalized spacial score (nSPS) is 34.0. The minimum absolute atomic E-state index is 0.0280. The Balaban J connectivity index is 2.37. The molecule has 0 bridgehead atoms. The molecule has 1 aliphatic heterocycles. The Hall–Kier alpha value is -1.92. The van der Waals surface area contributed by atoms with Crippen molar-refractivity contribution in [3.63, 3.8) is 0 Å². The minimum Gasteiger partial charge on any atom is -0.458 e. The standard InChI is InChI=1S/C19H26O6/c1-11-5-4-6-14(10-21)8-16-17(13(3)19(23)25-16)15(7-11)24-18(22)12(2)9-20/h5,8,13,15-17,20-21H,2,4,6-7,9-10H2,1,3H3/b11-5+,14-8-/t13-,15-,16+,17?/m0/s1. The Bertz CT molecular complexity index is 603. The molecule has 138 valence electrons. The molecule has 0 saturated carbocycles. The van der Waals surface area contributed by atoms with Crippen molar-refractivity contribution < 1.29 is 29.3 Å². The molecule has 1 saturated heterocycles. The van der Waals surface area contributed by atoms with Crippen LogP contribution in [0.2, 0.25) is 0 Å². The van der Waals surface area contributed by atoms with Gasteiger partial charge in [-0.15, -0.1) is 0 Å². The van der Waals surface area contributed by atoms with Crippen molar-refractivity contribution in [2.24, 2.45) is 11.8 Å². The van der Waals surface area contributed by atoms with Gasteiger partial charge in [-0.3, -0.25) is 4.79 Å². The second kappa shape index (κ2) is 8.45. The van der Waals surface area contributed by atoms with E-state index in [0.717, 1.165) is 17.6 Å². The summed E-state index contributed by atoms with van der Waals surface area (Å²) in [6, 6.07) is 0. The van der Waals surface area contributed by atoms with Crippen molar-refractivity contribution in [3.8, 4) is 0 Å². The summed E-state index contributed by atoms with van der Waals surface area (Å²) in [5, 5.41) is 18.6. The molecule has 6 nitrogen and oxygen atoms in total. The van der Waals surface area contributed by atoms with Crippen LogP contribution in [0.25, 0.3) is 0 Å². The van der Waals surface area contributed by atoms with E-state index in [1.165, 1.54) is 0 Å². The third kappa shape index (κ3) is 4.58. The van der Waals surface area contributed by atoms with Gasteiger partial charge in [-0.1, -0.05) is 25.2 Å². The number of ether oxygens (including phenoxy) is 2. The van der Waals surface area contributed by atoms with Crippen LogP contribution in [-0.4, -0.2) is 47.6 Å². The zero-order chi connectivity index (χ0) is 18.6. The number of allylic oxidation sites excluding steroid dienone is 1. The van der Waals surface area contributed by atoms with Gasteiger partial charge < -0.3 is 19.7 Å². The number of fused-ring (bicyclic) bond motifs is 1. The van der Waals surface area contributed by atoms with E-state index in [2.05, 4.69) is 6.58 Å². The van der Waals surface area contributed by atoms with E-state index >= 15 is 0 Å². The molecule has 1 unspecified atom stereocenters. The van der Waals surface area contributed by atoms with E-state index in [0.29, 0.717) is 12.8 Å². The highest BCUT2D eigenvalue weighted by Crippen LogP contribution is 2.37. The van der Waals surface area contributed by atoms with Gasteiger partial charge in [-0.05, 0) is 31.4 Å². The van der Waals surface area contributed by atoms with E-state index in [1.54, 1.807) is 13.0 Å². The van der Waals surface area contributed by atoms with Crippen LogP contribution in [-0.2, 0) is 19.1 Å². The molecule has 0 radical (unpaired) electrons. The highest BCUT2D eigenvalue weighted by molar-refractivity contribution is 5.88. The van der Waals surface area contributed by atoms with E-state index in [9.17, 15) is 14.7 Å². The average Bonchev–Trinajstić information content (AvgIpc) is 2.86. The molecular weight excluding hydrogens is 324 g/mol. The molecule has 0 amide bonds. The van der Waals surface area contributed by atoms with Crippen LogP contribution >= 0.6 is 0 Å². The smallest absolute Gasteiger partial charge is 0.336 e. The number of aliphatic hydroxyl groups is 2. The van der Waals surface area contributed by atoms with Gasteiger partial charge in [0.2, 0.25) is 0 Å². The van der Waals surface area contributed by atoms with Gasteiger partial charge in [0, 0.05) is 6.42 Å². The molecule has 25 heavy (non-hydrogen) atoms. The lowest BCUT2D eigenvalue weighted by Crippen LogP contribution is -2.36. The summed E-state index contributed by atoms with van der Waals surface area (Å²) in [5.41, 5.74) is 1.81. The lowest BCUT2D eigenvalue weighted by Gasteiger charge is -2.29. The second-order valence-corrected chi connectivity index (χ2v) is 6.75. The van der Waals surface area contributed by atoms with E-state index in [-0.39, 0.29) is 24.1 Å². The predicted molar refractivity (Wildman–Crippen MR) is 91.4 cm³/mol. The van der Waals surface area contributed by atoms with E-state index < -0.39 is 30.7 Å². The quantitative estimate of drug-likeness (QED) is 0.455. The van der Waals surface area contributed by atoms with E-state index in [1.807, 2.05) is 13.0 Å². The molecule has 1 heterocycles. The zero-order valence-electron chi connectivity index (χ0n) is 14.7. The third-order valence-electron chi connectivity index (χ3n) is 4.83. The zero-order valence-corrected chi connectivity index (χ0v) is 14.7. The molecule has 0 aromatic rings. The summed E-state index contributed by atoms with van der Waals surface area (Å²) in [4.78, 5) is 24.2. The molecular formula is C19H26O6. The molecule has 1 fully saturated rings. The third-order valence-corrected chi connectivity index (χ3v) is 4.83. The van der Waals surface area contributed by atoms with Crippen LogP contribution in [0.1, 0.15) is 33.1 Å². The Labute approximate surface area is 147 Å². The van der Waals surface area contributed by atoms with Crippen LogP contribution in [0, 0.1) is 11.8 Å². The summed E-state index contributed by atoms with van der Waals surface area (Å²) in [7, 11) is 0. The summed E-state index contributed by atoms with van der Waals surface area (Å²) < 4.78 is 11.1.